The van der Waals surface area contributed by atoms with Gasteiger partial charge in [0, 0.05) is 18.3 Å². The first-order valence-corrected chi connectivity index (χ1v) is 8.93. The van der Waals surface area contributed by atoms with Gasteiger partial charge in [0.2, 0.25) is 0 Å². The molecule has 0 radical (unpaired) electrons. The van der Waals surface area contributed by atoms with Crippen molar-refractivity contribution in [3.05, 3.63) is 29.8 Å². The molecule has 1 aromatic carbocycles. The molecule has 1 aliphatic heterocycles. The van der Waals surface area contributed by atoms with Crippen LogP contribution in [0, 0.1) is 5.92 Å². The highest BCUT2D eigenvalue weighted by atomic mass is 15.1. The van der Waals surface area contributed by atoms with E-state index in [1.54, 1.807) is 0 Å². The van der Waals surface area contributed by atoms with E-state index in [1.165, 1.54) is 69.3 Å². The van der Waals surface area contributed by atoms with Crippen molar-refractivity contribution in [2.24, 2.45) is 5.92 Å². The van der Waals surface area contributed by atoms with Crippen LogP contribution in [0.5, 0.6) is 0 Å². The SMILES string of the molecule is CCC1CCCCC1Nc1ccccc1CN1CCCC1. The van der Waals surface area contributed by atoms with E-state index >= 15 is 0 Å². The first-order valence-electron chi connectivity index (χ1n) is 8.93. The van der Waals surface area contributed by atoms with Crippen molar-refractivity contribution in [3.8, 4) is 0 Å². The summed E-state index contributed by atoms with van der Waals surface area (Å²) in [6.45, 7) is 6.01. The molecule has 2 fully saturated rings. The summed E-state index contributed by atoms with van der Waals surface area (Å²) in [5.41, 5.74) is 2.87. The van der Waals surface area contributed by atoms with Gasteiger partial charge in [-0.2, -0.15) is 0 Å². The molecule has 2 nitrogen and oxygen atoms in total. The van der Waals surface area contributed by atoms with Crippen molar-refractivity contribution >= 4 is 5.69 Å². The topological polar surface area (TPSA) is 15.3 Å². The van der Waals surface area contributed by atoms with Crippen LogP contribution in [-0.2, 0) is 6.54 Å². The second-order valence-electron chi connectivity index (χ2n) is 6.84. The van der Waals surface area contributed by atoms with Gasteiger partial charge in [0.15, 0.2) is 0 Å². The molecule has 1 aromatic rings. The third kappa shape index (κ3) is 3.79. The Bertz CT molecular complexity index is 437. The van der Waals surface area contributed by atoms with Crippen LogP contribution in [0.3, 0.4) is 0 Å². The number of nitrogens with one attached hydrogen (secondary N) is 1. The van der Waals surface area contributed by atoms with Crippen molar-refractivity contribution in [1.29, 1.82) is 0 Å². The number of benzene rings is 1. The first-order chi connectivity index (χ1) is 10.4. The van der Waals surface area contributed by atoms with Crippen LogP contribution in [0.1, 0.15) is 57.4 Å². The van der Waals surface area contributed by atoms with E-state index < -0.39 is 0 Å². The Morgan fingerprint density at radius 3 is 2.62 bits per heavy atom. The third-order valence-corrected chi connectivity index (χ3v) is 5.38. The Kier molecular flexibility index (Phi) is 5.18. The minimum atomic E-state index is 0.684. The van der Waals surface area contributed by atoms with Gasteiger partial charge in [0.05, 0.1) is 0 Å². The molecule has 1 saturated heterocycles. The van der Waals surface area contributed by atoms with Gasteiger partial charge in [-0.25, -0.2) is 0 Å². The quantitative estimate of drug-likeness (QED) is 0.846. The maximum Gasteiger partial charge on any atom is 0.0388 e. The second kappa shape index (κ2) is 7.31. The molecule has 2 heteroatoms. The Labute approximate surface area is 129 Å². The third-order valence-electron chi connectivity index (χ3n) is 5.38. The van der Waals surface area contributed by atoms with Crippen LogP contribution < -0.4 is 5.32 Å². The van der Waals surface area contributed by atoms with Crippen molar-refractivity contribution < 1.29 is 0 Å². The molecule has 2 unspecified atom stereocenters. The van der Waals surface area contributed by atoms with E-state index in [9.17, 15) is 0 Å². The molecule has 1 saturated carbocycles. The van der Waals surface area contributed by atoms with Crippen LogP contribution >= 0.6 is 0 Å². The zero-order valence-electron chi connectivity index (χ0n) is 13.5. The monoisotopic (exact) mass is 286 g/mol. The van der Waals surface area contributed by atoms with E-state index in [-0.39, 0.29) is 0 Å². The van der Waals surface area contributed by atoms with E-state index in [0.29, 0.717) is 6.04 Å². The summed E-state index contributed by atoms with van der Waals surface area (Å²) >= 11 is 0. The van der Waals surface area contributed by atoms with E-state index in [2.05, 4.69) is 41.4 Å². The van der Waals surface area contributed by atoms with Crippen LogP contribution in [-0.4, -0.2) is 24.0 Å². The second-order valence-corrected chi connectivity index (χ2v) is 6.84. The number of hydrogen-bond donors (Lipinski definition) is 1. The van der Waals surface area contributed by atoms with Gasteiger partial charge in [0.1, 0.15) is 0 Å². The summed E-state index contributed by atoms with van der Waals surface area (Å²) in [7, 11) is 0. The van der Waals surface area contributed by atoms with Crippen LogP contribution in [0.2, 0.25) is 0 Å². The van der Waals surface area contributed by atoms with E-state index in [1.807, 2.05) is 0 Å². The van der Waals surface area contributed by atoms with Gasteiger partial charge in [-0.3, -0.25) is 4.90 Å². The molecule has 116 valence electrons. The van der Waals surface area contributed by atoms with Crippen molar-refractivity contribution in [2.45, 2.75) is 64.5 Å². The zero-order valence-corrected chi connectivity index (χ0v) is 13.5. The Hall–Kier alpha value is -1.02. The summed E-state index contributed by atoms with van der Waals surface area (Å²) in [6.07, 6.45) is 9.62. The fourth-order valence-electron chi connectivity index (χ4n) is 4.07. The highest BCUT2D eigenvalue weighted by Crippen LogP contribution is 2.30. The average Bonchev–Trinajstić information content (AvgIpc) is 3.03. The van der Waals surface area contributed by atoms with Crippen LogP contribution in [0.25, 0.3) is 0 Å². The summed E-state index contributed by atoms with van der Waals surface area (Å²) in [5.74, 6) is 0.860. The largest absolute Gasteiger partial charge is 0.382 e. The summed E-state index contributed by atoms with van der Waals surface area (Å²) in [5, 5.41) is 3.90. The van der Waals surface area contributed by atoms with Crippen molar-refractivity contribution in [3.63, 3.8) is 0 Å². The number of anilines is 1. The maximum absolute atomic E-state index is 3.90. The number of hydrogen-bond acceptors (Lipinski definition) is 2. The molecular weight excluding hydrogens is 256 g/mol. The number of para-hydroxylation sites is 1. The predicted molar refractivity (Wildman–Crippen MR) is 90.6 cm³/mol. The number of nitrogens with zero attached hydrogens (tertiary/aromatic N) is 1. The zero-order chi connectivity index (χ0) is 14.5. The molecule has 0 spiro atoms. The molecule has 0 bridgehead atoms. The molecule has 1 aliphatic carbocycles. The van der Waals surface area contributed by atoms with Crippen LogP contribution in [0.15, 0.2) is 24.3 Å². The standard InChI is InChI=1S/C19H30N2/c1-2-16-9-3-5-11-18(16)20-19-12-6-4-10-17(19)15-21-13-7-8-14-21/h4,6,10,12,16,18,20H,2-3,5,7-9,11,13-15H2,1H3. The van der Waals surface area contributed by atoms with Gasteiger partial charge in [-0.15, -0.1) is 0 Å². The molecule has 0 amide bonds. The van der Waals surface area contributed by atoms with Gasteiger partial charge in [-0.05, 0) is 56.3 Å². The lowest BCUT2D eigenvalue weighted by Crippen LogP contribution is -2.32. The minimum absolute atomic E-state index is 0.684. The smallest absolute Gasteiger partial charge is 0.0388 e. The molecule has 2 aliphatic rings. The fraction of sp³-hybridized carbons (Fsp3) is 0.684. The molecule has 0 aromatic heterocycles. The lowest BCUT2D eigenvalue weighted by molar-refractivity contribution is 0.315. The maximum atomic E-state index is 3.90. The number of likely N-dealkylation sites (tertiary alicyclic amines) is 1. The lowest BCUT2D eigenvalue weighted by atomic mass is 9.82. The Morgan fingerprint density at radius 2 is 1.81 bits per heavy atom. The Morgan fingerprint density at radius 1 is 1.05 bits per heavy atom. The average molecular weight is 286 g/mol. The normalized spacial score (nSPS) is 26.9. The Balaban J connectivity index is 1.68. The molecule has 1 N–H and O–H groups in total. The van der Waals surface area contributed by atoms with Crippen LogP contribution in [0.4, 0.5) is 5.69 Å². The van der Waals surface area contributed by atoms with Gasteiger partial charge in [-0.1, -0.05) is 44.4 Å². The molecule has 2 atom stereocenters. The molecule has 3 rings (SSSR count). The summed E-state index contributed by atoms with van der Waals surface area (Å²) in [4.78, 5) is 2.60. The molecule has 1 heterocycles. The highest BCUT2D eigenvalue weighted by molar-refractivity contribution is 5.52. The van der Waals surface area contributed by atoms with Gasteiger partial charge >= 0.3 is 0 Å². The predicted octanol–water partition coefficient (Wildman–Crippen LogP) is 4.66. The number of rotatable bonds is 5. The van der Waals surface area contributed by atoms with E-state index in [0.717, 1.165) is 12.5 Å². The molecule has 21 heavy (non-hydrogen) atoms. The highest BCUT2D eigenvalue weighted by Gasteiger charge is 2.24. The molecular formula is C19H30N2. The summed E-state index contributed by atoms with van der Waals surface area (Å²) < 4.78 is 0. The van der Waals surface area contributed by atoms with E-state index in [4.69, 9.17) is 0 Å². The first kappa shape index (κ1) is 14.9. The fourth-order valence-corrected chi connectivity index (χ4v) is 4.07. The van der Waals surface area contributed by atoms with Crippen molar-refractivity contribution in [1.82, 2.24) is 4.90 Å². The van der Waals surface area contributed by atoms with Gasteiger partial charge in [0.25, 0.3) is 0 Å². The lowest BCUT2D eigenvalue weighted by Gasteiger charge is -2.33. The minimum Gasteiger partial charge on any atom is -0.382 e. The summed E-state index contributed by atoms with van der Waals surface area (Å²) in [6, 6.07) is 9.65. The van der Waals surface area contributed by atoms with Gasteiger partial charge < -0.3 is 5.32 Å². The van der Waals surface area contributed by atoms with Crippen molar-refractivity contribution in [2.75, 3.05) is 18.4 Å².